The number of nitrogens with zero attached hydrogens (tertiary/aromatic N) is 1. The summed E-state index contributed by atoms with van der Waals surface area (Å²) < 4.78 is 5.27. The quantitative estimate of drug-likeness (QED) is 0.704. The molecule has 1 aliphatic rings. The average molecular weight is 256 g/mol. The summed E-state index contributed by atoms with van der Waals surface area (Å²) in [5.74, 6) is 0.890. The topological polar surface area (TPSA) is 41.6 Å². The second-order valence-electron chi connectivity index (χ2n) is 5.28. The minimum absolute atomic E-state index is 0.233. The Bertz CT molecular complexity index is 238. The van der Waals surface area contributed by atoms with E-state index < -0.39 is 0 Å². The van der Waals surface area contributed by atoms with Gasteiger partial charge in [0, 0.05) is 19.2 Å². The third-order valence-corrected chi connectivity index (χ3v) is 3.52. The highest BCUT2D eigenvalue weighted by Crippen LogP contribution is 2.15. The van der Waals surface area contributed by atoms with Crippen molar-refractivity contribution in [3.05, 3.63) is 0 Å². The van der Waals surface area contributed by atoms with E-state index in [1.165, 1.54) is 12.8 Å². The molecule has 0 unspecified atom stereocenters. The Hall–Kier alpha value is -0.610. The summed E-state index contributed by atoms with van der Waals surface area (Å²) in [6.45, 7) is 10.5. The molecule has 0 aliphatic carbocycles. The standard InChI is InChI=1S/C14H28N2O2/c1-4-18-10-7-14(17)16(12(2)3)11-13-5-8-15-9-6-13/h12-13,15H,4-11H2,1-3H3. The molecule has 18 heavy (non-hydrogen) atoms. The van der Waals surface area contributed by atoms with Gasteiger partial charge < -0.3 is 15.0 Å². The van der Waals surface area contributed by atoms with Crippen molar-refractivity contribution < 1.29 is 9.53 Å². The summed E-state index contributed by atoms with van der Waals surface area (Å²) in [4.78, 5) is 14.2. The van der Waals surface area contributed by atoms with Gasteiger partial charge in [-0.15, -0.1) is 0 Å². The van der Waals surface area contributed by atoms with Crippen LogP contribution in [0, 0.1) is 5.92 Å². The molecule has 1 rings (SSSR count). The molecular weight excluding hydrogens is 228 g/mol. The van der Waals surface area contributed by atoms with Gasteiger partial charge in [0.05, 0.1) is 13.0 Å². The van der Waals surface area contributed by atoms with E-state index in [9.17, 15) is 4.79 Å². The maximum absolute atomic E-state index is 12.2. The second-order valence-corrected chi connectivity index (χ2v) is 5.28. The summed E-state index contributed by atoms with van der Waals surface area (Å²) in [6, 6.07) is 0.286. The van der Waals surface area contributed by atoms with Crippen molar-refractivity contribution in [1.82, 2.24) is 10.2 Å². The summed E-state index contributed by atoms with van der Waals surface area (Å²) in [5, 5.41) is 3.36. The number of amides is 1. The van der Waals surface area contributed by atoms with Gasteiger partial charge in [-0.2, -0.15) is 0 Å². The van der Waals surface area contributed by atoms with Gasteiger partial charge in [0.15, 0.2) is 0 Å². The Morgan fingerprint density at radius 2 is 2.06 bits per heavy atom. The molecule has 1 fully saturated rings. The van der Waals surface area contributed by atoms with Gasteiger partial charge >= 0.3 is 0 Å². The van der Waals surface area contributed by atoms with E-state index in [1.54, 1.807) is 0 Å². The molecule has 1 N–H and O–H groups in total. The number of carbonyl (C=O) groups excluding carboxylic acids is 1. The fourth-order valence-electron chi connectivity index (χ4n) is 2.39. The number of rotatable bonds is 7. The van der Waals surface area contributed by atoms with Crippen LogP contribution in [-0.4, -0.2) is 49.7 Å². The summed E-state index contributed by atoms with van der Waals surface area (Å²) >= 11 is 0. The lowest BCUT2D eigenvalue weighted by Crippen LogP contribution is -2.43. The Balaban J connectivity index is 2.39. The van der Waals surface area contributed by atoms with E-state index >= 15 is 0 Å². The Morgan fingerprint density at radius 3 is 2.61 bits per heavy atom. The lowest BCUT2D eigenvalue weighted by atomic mass is 9.97. The normalized spacial score (nSPS) is 17.1. The number of carbonyl (C=O) groups is 1. The lowest BCUT2D eigenvalue weighted by Gasteiger charge is -2.33. The van der Waals surface area contributed by atoms with Crippen LogP contribution >= 0.6 is 0 Å². The smallest absolute Gasteiger partial charge is 0.225 e. The van der Waals surface area contributed by atoms with Gasteiger partial charge in [0.25, 0.3) is 0 Å². The van der Waals surface area contributed by atoms with E-state index in [4.69, 9.17) is 4.74 Å². The van der Waals surface area contributed by atoms with Crippen LogP contribution < -0.4 is 5.32 Å². The van der Waals surface area contributed by atoms with E-state index in [2.05, 4.69) is 19.2 Å². The fourth-order valence-corrected chi connectivity index (χ4v) is 2.39. The zero-order valence-corrected chi connectivity index (χ0v) is 12.1. The SMILES string of the molecule is CCOCCC(=O)N(CC1CCNCC1)C(C)C. The second kappa shape index (κ2) is 8.48. The average Bonchev–Trinajstić information content (AvgIpc) is 2.37. The summed E-state index contributed by atoms with van der Waals surface area (Å²) in [6.07, 6.45) is 2.88. The molecule has 0 bridgehead atoms. The van der Waals surface area contributed by atoms with E-state index in [1.807, 2.05) is 11.8 Å². The molecule has 0 atom stereocenters. The Labute approximate surface area is 111 Å². The zero-order chi connectivity index (χ0) is 13.4. The van der Waals surface area contributed by atoms with Crippen molar-refractivity contribution in [2.24, 2.45) is 5.92 Å². The first-order valence-corrected chi connectivity index (χ1v) is 7.23. The minimum atomic E-state index is 0.233. The molecule has 1 heterocycles. The summed E-state index contributed by atoms with van der Waals surface area (Å²) in [7, 11) is 0. The van der Waals surface area contributed by atoms with E-state index in [0.29, 0.717) is 25.6 Å². The molecule has 0 aromatic rings. The molecule has 0 spiro atoms. The van der Waals surface area contributed by atoms with Crippen LogP contribution in [0.4, 0.5) is 0 Å². The van der Waals surface area contributed by atoms with Gasteiger partial charge in [-0.1, -0.05) is 0 Å². The molecule has 1 aliphatic heterocycles. The minimum Gasteiger partial charge on any atom is -0.381 e. The van der Waals surface area contributed by atoms with Gasteiger partial charge in [-0.05, 0) is 52.6 Å². The molecule has 1 amide bonds. The zero-order valence-electron chi connectivity index (χ0n) is 12.1. The van der Waals surface area contributed by atoms with Gasteiger partial charge in [-0.3, -0.25) is 4.79 Å². The van der Waals surface area contributed by atoms with Crippen LogP contribution in [0.2, 0.25) is 0 Å². The van der Waals surface area contributed by atoms with Crippen LogP contribution in [0.3, 0.4) is 0 Å². The van der Waals surface area contributed by atoms with Crippen LogP contribution in [0.1, 0.15) is 40.0 Å². The Morgan fingerprint density at radius 1 is 1.39 bits per heavy atom. The number of nitrogens with one attached hydrogen (secondary N) is 1. The lowest BCUT2D eigenvalue weighted by molar-refractivity contribution is -0.134. The highest BCUT2D eigenvalue weighted by Gasteiger charge is 2.22. The molecule has 1 saturated heterocycles. The fraction of sp³-hybridized carbons (Fsp3) is 0.929. The van der Waals surface area contributed by atoms with Crippen molar-refractivity contribution >= 4 is 5.91 Å². The van der Waals surface area contributed by atoms with Crippen molar-refractivity contribution in [2.45, 2.75) is 46.1 Å². The van der Waals surface area contributed by atoms with Crippen molar-refractivity contribution in [3.8, 4) is 0 Å². The molecule has 0 aromatic heterocycles. The molecule has 0 aromatic carbocycles. The third kappa shape index (κ3) is 5.36. The maximum atomic E-state index is 12.2. The van der Waals surface area contributed by atoms with Gasteiger partial charge in [0.2, 0.25) is 5.91 Å². The molecule has 4 heteroatoms. The number of ether oxygens (including phenoxy) is 1. The van der Waals surface area contributed by atoms with Crippen molar-refractivity contribution in [2.75, 3.05) is 32.8 Å². The largest absolute Gasteiger partial charge is 0.381 e. The first kappa shape index (κ1) is 15.4. The van der Waals surface area contributed by atoms with E-state index in [-0.39, 0.29) is 11.9 Å². The highest BCUT2D eigenvalue weighted by atomic mass is 16.5. The molecular formula is C14H28N2O2. The Kier molecular flexibility index (Phi) is 7.28. The molecule has 4 nitrogen and oxygen atoms in total. The molecule has 106 valence electrons. The van der Waals surface area contributed by atoms with Crippen LogP contribution in [-0.2, 0) is 9.53 Å². The molecule has 0 saturated carbocycles. The predicted octanol–water partition coefficient (Wildman–Crippen LogP) is 1.65. The van der Waals surface area contributed by atoms with Crippen LogP contribution in [0.25, 0.3) is 0 Å². The van der Waals surface area contributed by atoms with Crippen molar-refractivity contribution in [1.29, 1.82) is 0 Å². The van der Waals surface area contributed by atoms with Crippen LogP contribution in [0.15, 0.2) is 0 Å². The van der Waals surface area contributed by atoms with E-state index in [0.717, 1.165) is 19.6 Å². The third-order valence-electron chi connectivity index (χ3n) is 3.52. The summed E-state index contributed by atoms with van der Waals surface area (Å²) in [5.41, 5.74) is 0. The maximum Gasteiger partial charge on any atom is 0.225 e. The van der Waals surface area contributed by atoms with Gasteiger partial charge in [-0.25, -0.2) is 0 Å². The van der Waals surface area contributed by atoms with Gasteiger partial charge in [0.1, 0.15) is 0 Å². The predicted molar refractivity (Wildman–Crippen MR) is 73.6 cm³/mol. The number of piperidine rings is 1. The van der Waals surface area contributed by atoms with Crippen LogP contribution in [0.5, 0.6) is 0 Å². The monoisotopic (exact) mass is 256 g/mol. The first-order chi connectivity index (χ1) is 8.65. The first-order valence-electron chi connectivity index (χ1n) is 7.23. The van der Waals surface area contributed by atoms with Crippen molar-refractivity contribution in [3.63, 3.8) is 0 Å². The number of hydrogen-bond donors (Lipinski definition) is 1. The molecule has 0 radical (unpaired) electrons. The highest BCUT2D eigenvalue weighted by molar-refractivity contribution is 5.76. The number of hydrogen-bond acceptors (Lipinski definition) is 3.